The van der Waals surface area contributed by atoms with Crippen LogP contribution in [0.3, 0.4) is 0 Å². The molecular weight excluding hydrogens is 266 g/mol. The molecule has 1 aliphatic heterocycles. The second-order valence-electron chi connectivity index (χ2n) is 5.13. The van der Waals surface area contributed by atoms with Gasteiger partial charge in [0.1, 0.15) is 13.2 Å². The van der Waals surface area contributed by atoms with Crippen molar-refractivity contribution in [1.29, 1.82) is 0 Å². The lowest BCUT2D eigenvalue weighted by molar-refractivity contribution is 0.171. The van der Waals surface area contributed by atoms with E-state index in [9.17, 15) is 0 Å². The first kappa shape index (κ1) is 12.1. The first-order valence-corrected chi connectivity index (χ1v) is 6.87. The Morgan fingerprint density at radius 3 is 2.71 bits per heavy atom. The Balaban J connectivity index is 1.92. The zero-order chi connectivity index (χ0) is 14.4. The third kappa shape index (κ3) is 1.89. The van der Waals surface area contributed by atoms with E-state index in [1.54, 1.807) is 0 Å². The summed E-state index contributed by atoms with van der Waals surface area (Å²) in [5.41, 5.74) is 10.0. The van der Waals surface area contributed by atoms with Crippen LogP contribution in [0.2, 0.25) is 0 Å². The molecule has 3 aromatic rings. The number of aromatic nitrogens is 2. The number of benzene rings is 2. The van der Waals surface area contributed by atoms with Gasteiger partial charge < -0.3 is 15.2 Å². The summed E-state index contributed by atoms with van der Waals surface area (Å²) >= 11 is 0. The number of hydrogen-bond acceptors (Lipinski definition) is 4. The van der Waals surface area contributed by atoms with Crippen molar-refractivity contribution >= 4 is 17.0 Å². The minimum absolute atomic E-state index is 0.465. The van der Waals surface area contributed by atoms with Crippen molar-refractivity contribution in [3.8, 4) is 17.2 Å². The van der Waals surface area contributed by atoms with Gasteiger partial charge in [0.25, 0.3) is 0 Å². The maximum atomic E-state index is 6.09. The molecule has 21 heavy (non-hydrogen) atoms. The molecule has 5 nitrogen and oxygen atoms in total. The molecule has 5 heteroatoms. The number of nitrogens with two attached hydrogens (primary N) is 1. The molecule has 0 bridgehead atoms. The number of rotatable bonds is 1. The molecule has 4 rings (SSSR count). The number of fused-ring (bicyclic) bond motifs is 2. The molecule has 0 radical (unpaired) electrons. The van der Waals surface area contributed by atoms with E-state index in [2.05, 4.69) is 11.1 Å². The highest BCUT2D eigenvalue weighted by Gasteiger charge is 2.15. The van der Waals surface area contributed by atoms with Crippen LogP contribution in [0.15, 0.2) is 36.4 Å². The molecule has 0 atom stereocenters. The zero-order valence-corrected chi connectivity index (χ0v) is 11.7. The van der Waals surface area contributed by atoms with E-state index < -0.39 is 0 Å². The Labute approximate surface area is 121 Å². The summed E-state index contributed by atoms with van der Waals surface area (Å²) in [5, 5.41) is 0. The fourth-order valence-corrected chi connectivity index (χ4v) is 2.65. The van der Waals surface area contributed by atoms with E-state index in [1.165, 1.54) is 0 Å². The smallest absolute Gasteiger partial charge is 0.205 e. The van der Waals surface area contributed by atoms with Crippen LogP contribution in [-0.4, -0.2) is 22.8 Å². The van der Waals surface area contributed by atoms with E-state index in [1.807, 2.05) is 41.8 Å². The van der Waals surface area contributed by atoms with E-state index >= 15 is 0 Å². The van der Waals surface area contributed by atoms with Crippen molar-refractivity contribution in [2.24, 2.45) is 0 Å². The molecule has 106 valence electrons. The lowest BCUT2D eigenvalue weighted by Gasteiger charge is -2.19. The number of nitrogens with zero attached hydrogens (tertiary/aromatic N) is 2. The van der Waals surface area contributed by atoms with E-state index in [0.717, 1.165) is 33.8 Å². The summed E-state index contributed by atoms with van der Waals surface area (Å²) < 4.78 is 13.1. The lowest BCUT2D eigenvalue weighted by atomic mass is 10.2. The third-order valence-electron chi connectivity index (χ3n) is 3.62. The average Bonchev–Trinajstić information content (AvgIpc) is 2.81. The van der Waals surface area contributed by atoms with Crippen LogP contribution in [0.25, 0.3) is 16.7 Å². The molecule has 0 unspecified atom stereocenters. The zero-order valence-electron chi connectivity index (χ0n) is 11.7. The van der Waals surface area contributed by atoms with E-state index in [-0.39, 0.29) is 0 Å². The van der Waals surface area contributed by atoms with E-state index in [0.29, 0.717) is 19.2 Å². The first-order chi connectivity index (χ1) is 10.2. The molecule has 1 aromatic heterocycles. The molecule has 2 aromatic carbocycles. The minimum Gasteiger partial charge on any atom is -0.486 e. The maximum Gasteiger partial charge on any atom is 0.205 e. The van der Waals surface area contributed by atoms with Crippen molar-refractivity contribution in [1.82, 2.24) is 9.55 Å². The predicted octanol–water partition coefficient (Wildman–Crippen LogP) is 2.69. The first-order valence-electron chi connectivity index (χ1n) is 6.87. The SMILES string of the molecule is Cc1ccc2c(c1)nc(N)n2-c1ccc2c(c1)OCCO2. The summed E-state index contributed by atoms with van der Waals surface area (Å²) in [6.45, 7) is 3.19. The van der Waals surface area contributed by atoms with Crippen molar-refractivity contribution in [3.63, 3.8) is 0 Å². The molecule has 0 saturated heterocycles. The van der Waals surface area contributed by atoms with Gasteiger partial charge in [0.15, 0.2) is 11.5 Å². The van der Waals surface area contributed by atoms with Crippen molar-refractivity contribution in [3.05, 3.63) is 42.0 Å². The van der Waals surface area contributed by atoms with Gasteiger partial charge in [-0.25, -0.2) is 4.98 Å². The normalized spacial score (nSPS) is 13.6. The molecule has 0 spiro atoms. The molecule has 0 saturated carbocycles. The summed E-state index contributed by atoms with van der Waals surface area (Å²) in [6, 6.07) is 11.9. The van der Waals surface area contributed by atoms with Gasteiger partial charge in [-0.3, -0.25) is 4.57 Å². The van der Waals surface area contributed by atoms with Gasteiger partial charge in [0, 0.05) is 6.07 Å². The third-order valence-corrected chi connectivity index (χ3v) is 3.62. The van der Waals surface area contributed by atoms with Crippen molar-refractivity contribution in [2.75, 3.05) is 18.9 Å². The van der Waals surface area contributed by atoms with Gasteiger partial charge in [0.2, 0.25) is 5.95 Å². The Morgan fingerprint density at radius 1 is 1.05 bits per heavy atom. The summed E-state index contributed by atoms with van der Waals surface area (Å²) in [5.74, 6) is 1.98. The second kappa shape index (κ2) is 4.41. The predicted molar refractivity (Wildman–Crippen MR) is 81.2 cm³/mol. The average molecular weight is 281 g/mol. The molecule has 0 fully saturated rings. The minimum atomic E-state index is 0.465. The number of ether oxygens (including phenoxy) is 2. The fourth-order valence-electron chi connectivity index (χ4n) is 2.65. The Morgan fingerprint density at radius 2 is 1.86 bits per heavy atom. The quantitative estimate of drug-likeness (QED) is 0.745. The monoisotopic (exact) mass is 281 g/mol. The van der Waals surface area contributed by atoms with Gasteiger partial charge in [-0.1, -0.05) is 6.07 Å². The van der Waals surface area contributed by atoms with Gasteiger partial charge in [0.05, 0.1) is 16.7 Å². The molecule has 0 aliphatic carbocycles. The molecule has 2 heterocycles. The van der Waals surface area contributed by atoms with Crippen LogP contribution in [0, 0.1) is 6.92 Å². The highest BCUT2D eigenvalue weighted by atomic mass is 16.6. The van der Waals surface area contributed by atoms with Crippen LogP contribution < -0.4 is 15.2 Å². The number of aryl methyl sites for hydroxylation is 1. The van der Waals surface area contributed by atoms with Gasteiger partial charge in [-0.2, -0.15) is 0 Å². The lowest BCUT2D eigenvalue weighted by Crippen LogP contribution is -2.15. The number of anilines is 1. The number of imidazole rings is 1. The molecular formula is C16H15N3O2. The Hall–Kier alpha value is -2.69. The Kier molecular flexibility index (Phi) is 2.54. The van der Waals surface area contributed by atoms with Gasteiger partial charge >= 0.3 is 0 Å². The highest BCUT2D eigenvalue weighted by molar-refractivity contribution is 5.81. The van der Waals surface area contributed by atoms with Crippen LogP contribution in [0.4, 0.5) is 5.95 Å². The van der Waals surface area contributed by atoms with Crippen LogP contribution in [-0.2, 0) is 0 Å². The Bertz CT molecular complexity index is 839. The summed E-state index contributed by atoms with van der Waals surface area (Å²) in [6.07, 6.45) is 0. The van der Waals surface area contributed by atoms with Crippen LogP contribution in [0.5, 0.6) is 11.5 Å². The topological polar surface area (TPSA) is 62.3 Å². The van der Waals surface area contributed by atoms with Crippen molar-refractivity contribution in [2.45, 2.75) is 6.92 Å². The fraction of sp³-hybridized carbons (Fsp3) is 0.188. The standard InChI is InChI=1S/C16H15N3O2/c1-10-2-4-13-12(8-10)18-16(17)19(13)11-3-5-14-15(9-11)21-7-6-20-14/h2-5,8-9H,6-7H2,1H3,(H2,17,18). The van der Waals surface area contributed by atoms with Crippen molar-refractivity contribution < 1.29 is 9.47 Å². The molecule has 0 amide bonds. The van der Waals surface area contributed by atoms with Crippen LogP contribution >= 0.6 is 0 Å². The molecule has 1 aliphatic rings. The van der Waals surface area contributed by atoms with E-state index in [4.69, 9.17) is 15.2 Å². The largest absolute Gasteiger partial charge is 0.486 e. The number of nitrogen functional groups attached to an aromatic ring is 1. The number of hydrogen-bond donors (Lipinski definition) is 1. The summed E-state index contributed by atoms with van der Waals surface area (Å²) in [7, 11) is 0. The highest BCUT2D eigenvalue weighted by Crippen LogP contribution is 2.34. The second-order valence-corrected chi connectivity index (χ2v) is 5.13. The summed E-state index contributed by atoms with van der Waals surface area (Å²) in [4.78, 5) is 4.43. The van der Waals surface area contributed by atoms with Gasteiger partial charge in [-0.15, -0.1) is 0 Å². The maximum absolute atomic E-state index is 6.09. The molecule has 2 N–H and O–H groups in total. The van der Waals surface area contributed by atoms with Crippen LogP contribution in [0.1, 0.15) is 5.56 Å². The van der Waals surface area contributed by atoms with Gasteiger partial charge in [-0.05, 0) is 36.8 Å².